The van der Waals surface area contributed by atoms with Gasteiger partial charge in [0.1, 0.15) is 0 Å². The summed E-state index contributed by atoms with van der Waals surface area (Å²) < 4.78 is 0. The van der Waals surface area contributed by atoms with Crippen LogP contribution in [0.15, 0.2) is 0 Å². The molecule has 2 N–H and O–H groups in total. The zero-order valence-electron chi connectivity index (χ0n) is 13.6. The molecule has 2 amide bonds. The summed E-state index contributed by atoms with van der Waals surface area (Å²) >= 11 is 0. The number of carbonyl (C=O) groups excluding carboxylic acids is 1. The van der Waals surface area contributed by atoms with Crippen molar-refractivity contribution in [3.8, 4) is 0 Å². The molecule has 21 heavy (non-hydrogen) atoms. The summed E-state index contributed by atoms with van der Waals surface area (Å²) in [6.45, 7) is 3.79. The number of carbonyl (C=O) groups is 1. The van der Waals surface area contributed by atoms with Crippen molar-refractivity contribution in [1.29, 1.82) is 0 Å². The van der Waals surface area contributed by atoms with Crippen molar-refractivity contribution in [3.05, 3.63) is 0 Å². The van der Waals surface area contributed by atoms with Gasteiger partial charge >= 0.3 is 6.03 Å². The van der Waals surface area contributed by atoms with E-state index in [-0.39, 0.29) is 18.1 Å². The second-order valence-electron chi connectivity index (χ2n) is 6.91. The van der Waals surface area contributed by atoms with Crippen LogP contribution in [0.4, 0.5) is 4.79 Å². The number of piperidine rings is 1. The average Bonchev–Trinajstić information content (AvgIpc) is 2.86. The molecule has 2 aliphatic rings. The molecular formula is C16H31N3O2. The number of urea groups is 1. The Morgan fingerprint density at radius 2 is 2.00 bits per heavy atom. The van der Waals surface area contributed by atoms with Crippen molar-refractivity contribution in [2.75, 3.05) is 40.3 Å². The number of nitrogens with one attached hydrogen (secondary N) is 1. The van der Waals surface area contributed by atoms with Crippen LogP contribution in [0.5, 0.6) is 0 Å². The van der Waals surface area contributed by atoms with Crippen molar-refractivity contribution < 1.29 is 9.90 Å². The lowest BCUT2D eigenvalue weighted by molar-refractivity contribution is 0.113. The van der Waals surface area contributed by atoms with Gasteiger partial charge in [-0.3, -0.25) is 0 Å². The zero-order chi connectivity index (χ0) is 15.2. The molecule has 1 saturated carbocycles. The smallest absolute Gasteiger partial charge is 0.317 e. The Morgan fingerprint density at radius 1 is 1.29 bits per heavy atom. The first-order valence-electron chi connectivity index (χ1n) is 8.42. The Morgan fingerprint density at radius 3 is 2.62 bits per heavy atom. The SMILES string of the molecule is CN1CCC(CCNC(=O)N(C)CC2CCCC2O)CC1. The van der Waals surface area contributed by atoms with Crippen molar-refractivity contribution in [2.24, 2.45) is 11.8 Å². The number of likely N-dealkylation sites (tertiary alicyclic amines) is 1. The highest BCUT2D eigenvalue weighted by Crippen LogP contribution is 2.26. The monoisotopic (exact) mass is 297 g/mol. The van der Waals surface area contributed by atoms with Gasteiger partial charge < -0.3 is 20.2 Å². The maximum absolute atomic E-state index is 12.1. The second kappa shape index (κ2) is 7.99. The topological polar surface area (TPSA) is 55.8 Å². The highest BCUT2D eigenvalue weighted by atomic mass is 16.3. The number of rotatable bonds is 5. The fourth-order valence-corrected chi connectivity index (χ4v) is 3.53. The van der Waals surface area contributed by atoms with E-state index in [1.54, 1.807) is 4.90 Å². The molecule has 1 aliphatic heterocycles. The number of nitrogens with zero attached hydrogens (tertiary/aromatic N) is 2. The van der Waals surface area contributed by atoms with E-state index >= 15 is 0 Å². The van der Waals surface area contributed by atoms with E-state index in [0.717, 1.165) is 38.1 Å². The molecule has 0 aromatic carbocycles. The van der Waals surface area contributed by atoms with Crippen LogP contribution in [-0.2, 0) is 0 Å². The lowest BCUT2D eigenvalue weighted by atomic mass is 9.94. The van der Waals surface area contributed by atoms with Crippen LogP contribution in [-0.4, -0.2) is 67.3 Å². The summed E-state index contributed by atoms with van der Waals surface area (Å²) in [7, 11) is 4.00. The first kappa shape index (κ1) is 16.6. The molecular weight excluding hydrogens is 266 g/mol. The van der Waals surface area contributed by atoms with Crippen molar-refractivity contribution >= 4 is 6.03 Å². The van der Waals surface area contributed by atoms with Gasteiger partial charge in [0.2, 0.25) is 0 Å². The third kappa shape index (κ3) is 5.15. The van der Waals surface area contributed by atoms with Crippen molar-refractivity contribution in [1.82, 2.24) is 15.1 Å². The van der Waals surface area contributed by atoms with Crippen LogP contribution in [0.1, 0.15) is 38.5 Å². The highest BCUT2D eigenvalue weighted by Gasteiger charge is 2.27. The van der Waals surface area contributed by atoms with Gasteiger partial charge in [-0.15, -0.1) is 0 Å². The summed E-state index contributed by atoms with van der Waals surface area (Å²) in [5.41, 5.74) is 0. The van der Waals surface area contributed by atoms with E-state index in [0.29, 0.717) is 6.54 Å². The lowest BCUT2D eigenvalue weighted by Gasteiger charge is -2.29. The summed E-state index contributed by atoms with van der Waals surface area (Å²) in [5.74, 6) is 1.01. The molecule has 5 nitrogen and oxygen atoms in total. The second-order valence-corrected chi connectivity index (χ2v) is 6.91. The van der Waals surface area contributed by atoms with Gasteiger partial charge in [-0.1, -0.05) is 6.42 Å². The number of hydrogen-bond donors (Lipinski definition) is 2. The third-order valence-electron chi connectivity index (χ3n) is 5.14. The molecule has 0 aromatic heterocycles. The number of aliphatic hydroxyl groups excluding tert-OH is 1. The fourth-order valence-electron chi connectivity index (χ4n) is 3.53. The third-order valence-corrected chi connectivity index (χ3v) is 5.14. The van der Waals surface area contributed by atoms with Crippen LogP contribution in [0.3, 0.4) is 0 Å². The largest absolute Gasteiger partial charge is 0.393 e. The Hall–Kier alpha value is -0.810. The van der Waals surface area contributed by atoms with Crippen molar-refractivity contribution in [3.63, 3.8) is 0 Å². The number of aliphatic hydroxyl groups is 1. The van der Waals surface area contributed by atoms with E-state index < -0.39 is 0 Å². The van der Waals surface area contributed by atoms with Crippen molar-refractivity contribution in [2.45, 2.75) is 44.6 Å². The molecule has 5 heteroatoms. The molecule has 0 aromatic rings. The molecule has 0 spiro atoms. The lowest BCUT2D eigenvalue weighted by Crippen LogP contribution is -2.42. The Labute approximate surface area is 128 Å². The van der Waals surface area contributed by atoms with Crippen LogP contribution in [0.2, 0.25) is 0 Å². The molecule has 2 unspecified atom stereocenters. The first-order chi connectivity index (χ1) is 10.1. The van der Waals surface area contributed by atoms with E-state index in [4.69, 9.17) is 0 Å². The quantitative estimate of drug-likeness (QED) is 0.809. The summed E-state index contributed by atoms with van der Waals surface area (Å²) in [5, 5.41) is 12.8. The Bertz CT molecular complexity index is 329. The van der Waals surface area contributed by atoms with Gasteiger partial charge in [0, 0.05) is 26.1 Å². The van der Waals surface area contributed by atoms with Gasteiger partial charge in [0.05, 0.1) is 6.10 Å². The molecule has 0 bridgehead atoms. The number of amides is 2. The summed E-state index contributed by atoms with van der Waals surface area (Å²) in [4.78, 5) is 16.2. The normalized spacial score (nSPS) is 27.8. The molecule has 1 saturated heterocycles. The van der Waals surface area contributed by atoms with E-state index in [1.165, 1.54) is 25.9 Å². The minimum atomic E-state index is -0.223. The molecule has 2 atom stereocenters. The van der Waals surface area contributed by atoms with E-state index in [1.807, 2.05) is 7.05 Å². The highest BCUT2D eigenvalue weighted by molar-refractivity contribution is 5.73. The predicted molar refractivity (Wildman–Crippen MR) is 84.2 cm³/mol. The summed E-state index contributed by atoms with van der Waals surface area (Å²) in [6.07, 6.45) is 6.36. The van der Waals surface area contributed by atoms with Crippen LogP contribution < -0.4 is 5.32 Å². The molecule has 0 radical (unpaired) electrons. The van der Waals surface area contributed by atoms with Gasteiger partial charge in [-0.25, -0.2) is 4.79 Å². The zero-order valence-corrected chi connectivity index (χ0v) is 13.6. The predicted octanol–water partition coefficient (Wildman–Crippen LogP) is 1.52. The minimum Gasteiger partial charge on any atom is -0.393 e. The van der Waals surface area contributed by atoms with Gasteiger partial charge in [-0.2, -0.15) is 0 Å². The summed E-state index contributed by atoms with van der Waals surface area (Å²) in [6, 6.07) is 0.00188. The van der Waals surface area contributed by atoms with E-state index in [2.05, 4.69) is 17.3 Å². The molecule has 2 fully saturated rings. The molecule has 1 heterocycles. The molecule has 122 valence electrons. The Balaban J connectivity index is 1.60. The van der Waals surface area contributed by atoms with Gasteiger partial charge in [0.25, 0.3) is 0 Å². The molecule has 2 rings (SSSR count). The van der Waals surface area contributed by atoms with E-state index in [9.17, 15) is 9.90 Å². The molecule has 1 aliphatic carbocycles. The Kier molecular flexibility index (Phi) is 6.30. The number of hydrogen-bond acceptors (Lipinski definition) is 3. The van der Waals surface area contributed by atoms with Crippen LogP contribution in [0, 0.1) is 11.8 Å². The minimum absolute atomic E-state index is 0.00188. The maximum atomic E-state index is 12.1. The maximum Gasteiger partial charge on any atom is 0.317 e. The van der Waals surface area contributed by atoms with Crippen LogP contribution in [0.25, 0.3) is 0 Å². The van der Waals surface area contributed by atoms with Gasteiger partial charge in [-0.05, 0) is 58.2 Å². The van der Waals surface area contributed by atoms with Crippen LogP contribution >= 0.6 is 0 Å². The standard InChI is InChI=1S/C16H31N3O2/c1-18-10-7-13(8-11-18)6-9-17-16(21)19(2)12-14-4-3-5-15(14)20/h13-15,20H,3-12H2,1-2H3,(H,17,21). The fraction of sp³-hybridized carbons (Fsp3) is 0.938. The average molecular weight is 297 g/mol. The van der Waals surface area contributed by atoms with Gasteiger partial charge in [0.15, 0.2) is 0 Å². The first-order valence-corrected chi connectivity index (χ1v) is 8.42.